The number of hydrogen-bond donors (Lipinski definition) is 7. The van der Waals surface area contributed by atoms with Gasteiger partial charge in [-0.05, 0) is 44.9 Å². The predicted molar refractivity (Wildman–Crippen MR) is 227 cm³/mol. The molecule has 0 aromatic carbocycles. The molecule has 10 nitrogen and oxygen atoms in total. The van der Waals surface area contributed by atoms with E-state index in [1.165, 1.54) is 109 Å². The molecule has 1 saturated heterocycles. The van der Waals surface area contributed by atoms with Crippen LogP contribution in [0.15, 0.2) is 36.5 Å². The first-order chi connectivity index (χ1) is 27.3. The van der Waals surface area contributed by atoms with E-state index in [0.717, 1.165) is 44.9 Å². The van der Waals surface area contributed by atoms with E-state index in [1.807, 2.05) is 6.08 Å². The number of amides is 1. The summed E-state index contributed by atoms with van der Waals surface area (Å²) in [5.74, 6) is -0.631. The minimum Gasteiger partial charge on any atom is -0.394 e. The molecule has 1 rings (SSSR count). The molecule has 7 N–H and O–H groups in total. The molecule has 328 valence electrons. The van der Waals surface area contributed by atoms with Crippen LogP contribution < -0.4 is 5.32 Å². The number of ether oxygens (including phenoxy) is 2. The zero-order valence-corrected chi connectivity index (χ0v) is 35.5. The lowest BCUT2D eigenvalue weighted by atomic mass is 9.99. The average molecular weight is 796 g/mol. The molecule has 1 fully saturated rings. The minimum absolute atomic E-state index is 0.303. The van der Waals surface area contributed by atoms with Crippen molar-refractivity contribution >= 4 is 5.91 Å². The van der Waals surface area contributed by atoms with Crippen LogP contribution in [0.2, 0.25) is 0 Å². The Morgan fingerprint density at radius 1 is 0.607 bits per heavy atom. The largest absolute Gasteiger partial charge is 0.394 e. The highest BCUT2D eigenvalue weighted by Gasteiger charge is 2.44. The Kier molecular flexibility index (Phi) is 34.1. The zero-order chi connectivity index (χ0) is 41.1. The molecule has 0 aromatic heterocycles. The van der Waals surface area contributed by atoms with Crippen molar-refractivity contribution in [1.29, 1.82) is 0 Å². The van der Waals surface area contributed by atoms with Gasteiger partial charge in [-0.2, -0.15) is 0 Å². The van der Waals surface area contributed by atoms with Crippen LogP contribution in [-0.2, 0) is 14.3 Å². The highest BCUT2D eigenvalue weighted by atomic mass is 16.7. The summed E-state index contributed by atoms with van der Waals surface area (Å²) in [6.45, 7) is 3.57. The monoisotopic (exact) mass is 796 g/mol. The molecular weight excluding hydrogens is 711 g/mol. The summed E-state index contributed by atoms with van der Waals surface area (Å²) in [6.07, 6.45) is 33.7. The smallest absolute Gasteiger partial charge is 0.249 e. The number of allylic oxidation sites excluding steroid dienone is 5. The van der Waals surface area contributed by atoms with Crippen LogP contribution in [0, 0.1) is 0 Å². The second-order valence-electron chi connectivity index (χ2n) is 16.0. The molecule has 0 aromatic rings. The fourth-order valence-corrected chi connectivity index (χ4v) is 7.02. The summed E-state index contributed by atoms with van der Waals surface area (Å²) in [5, 5.41) is 64.6. The average Bonchev–Trinajstić information content (AvgIpc) is 3.20. The van der Waals surface area contributed by atoms with E-state index in [0.29, 0.717) is 19.3 Å². The Morgan fingerprint density at radius 3 is 1.55 bits per heavy atom. The van der Waals surface area contributed by atoms with Gasteiger partial charge >= 0.3 is 0 Å². The summed E-state index contributed by atoms with van der Waals surface area (Å²) >= 11 is 0. The molecule has 8 unspecified atom stereocenters. The quantitative estimate of drug-likeness (QED) is 0.0242. The SMILES string of the molecule is CCCCCCCCC/C=C/CC/C=C/CC/C=C/C(O)C(COC1OC(CO)C(O)C(O)C1O)NC(=O)C(O)CCCCCCCCCCCCCCCC. The summed E-state index contributed by atoms with van der Waals surface area (Å²) < 4.78 is 11.1. The van der Waals surface area contributed by atoms with Crippen LogP contribution >= 0.6 is 0 Å². The molecule has 0 bridgehead atoms. The van der Waals surface area contributed by atoms with E-state index in [-0.39, 0.29) is 6.61 Å². The fourth-order valence-electron chi connectivity index (χ4n) is 7.02. The van der Waals surface area contributed by atoms with Gasteiger partial charge in [0.25, 0.3) is 0 Å². The van der Waals surface area contributed by atoms with E-state index < -0.39 is 61.5 Å². The van der Waals surface area contributed by atoms with Crippen molar-refractivity contribution in [2.75, 3.05) is 13.2 Å². The van der Waals surface area contributed by atoms with Gasteiger partial charge in [0.05, 0.1) is 25.4 Å². The lowest BCUT2D eigenvalue weighted by molar-refractivity contribution is -0.302. The molecule has 0 radical (unpaired) electrons. The van der Waals surface area contributed by atoms with Crippen molar-refractivity contribution < 1.29 is 44.9 Å². The lowest BCUT2D eigenvalue weighted by Gasteiger charge is -2.40. The van der Waals surface area contributed by atoms with Crippen LogP contribution in [0.1, 0.15) is 187 Å². The number of carbonyl (C=O) groups excluding carboxylic acids is 1. The first-order valence-corrected chi connectivity index (χ1v) is 22.8. The standard InChI is InChI=1S/C46H85NO9/c1-3-5-7-9-11-13-15-17-19-20-21-23-24-26-28-30-32-34-39(49)38(37-55-46-44(53)43(52)42(51)41(36-48)56-46)47-45(54)40(50)35-33-31-29-27-25-22-18-16-14-12-10-8-6-4-2/h19-20,24,26,32,34,38-44,46,48-53H,3-18,21-23,25,27-31,33,35-37H2,1-2H3,(H,47,54)/b20-19+,26-24+,34-32+. The van der Waals surface area contributed by atoms with E-state index in [2.05, 4.69) is 43.5 Å². The Hall–Kier alpha value is -1.63. The molecule has 10 heteroatoms. The predicted octanol–water partition coefficient (Wildman–Crippen LogP) is 8.25. The van der Waals surface area contributed by atoms with Gasteiger partial charge in [0.2, 0.25) is 5.91 Å². The maximum atomic E-state index is 13.0. The molecule has 1 aliphatic rings. The van der Waals surface area contributed by atoms with Crippen LogP contribution in [0.5, 0.6) is 0 Å². The number of unbranched alkanes of at least 4 members (excludes halogenated alkanes) is 22. The summed E-state index contributed by atoms with van der Waals surface area (Å²) in [5.41, 5.74) is 0. The van der Waals surface area contributed by atoms with Crippen LogP contribution in [-0.4, -0.2) is 98.7 Å². The van der Waals surface area contributed by atoms with Crippen molar-refractivity contribution in [3.8, 4) is 0 Å². The Bertz CT molecular complexity index is 990. The molecule has 1 aliphatic heterocycles. The van der Waals surface area contributed by atoms with Gasteiger partial charge in [-0.25, -0.2) is 0 Å². The zero-order valence-electron chi connectivity index (χ0n) is 35.5. The van der Waals surface area contributed by atoms with Crippen molar-refractivity contribution in [3.63, 3.8) is 0 Å². The maximum absolute atomic E-state index is 13.0. The second-order valence-corrected chi connectivity index (χ2v) is 16.0. The topological polar surface area (TPSA) is 169 Å². The van der Waals surface area contributed by atoms with E-state index >= 15 is 0 Å². The number of hydrogen-bond acceptors (Lipinski definition) is 9. The highest BCUT2D eigenvalue weighted by molar-refractivity contribution is 5.80. The van der Waals surface area contributed by atoms with Gasteiger partial charge in [-0.15, -0.1) is 0 Å². The van der Waals surface area contributed by atoms with Gasteiger partial charge in [-0.1, -0.05) is 179 Å². The molecule has 1 heterocycles. The Balaban J connectivity index is 2.47. The molecule has 0 saturated carbocycles. The number of carbonyl (C=O) groups is 1. The van der Waals surface area contributed by atoms with Crippen LogP contribution in [0.25, 0.3) is 0 Å². The van der Waals surface area contributed by atoms with Crippen LogP contribution in [0.3, 0.4) is 0 Å². The number of aliphatic hydroxyl groups is 6. The third kappa shape index (κ3) is 26.4. The molecular formula is C46H85NO9. The highest BCUT2D eigenvalue weighted by Crippen LogP contribution is 2.22. The second kappa shape index (κ2) is 36.4. The van der Waals surface area contributed by atoms with Crippen molar-refractivity contribution in [3.05, 3.63) is 36.5 Å². The van der Waals surface area contributed by atoms with Gasteiger partial charge in [0, 0.05) is 0 Å². The van der Waals surface area contributed by atoms with E-state index in [9.17, 15) is 35.4 Å². The molecule has 0 aliphatic carbocycles. The van der Waals surface area contributed by atoms with Gasteiger partial charge in [-0.3, -0.25) is 4.79 Å². The first kappa shape index (κ1) is 52.4. The summed E-state index contributed by atoms with van der Waals surface area (Å²) in [4.78, 5) is 13.0. The Labute approximate surface area is 341 Å². The molecule has 1 amide bonds. The third-order valence-electron chi connectivity index (χ3n) is 10.8. The van der Waals surface area contributed by atoms with E-state index in [4.69, 9.17) is 9.47 Å². The first-order valence-electron chi connectivity index (χ1n) is 22.8. The van der Waals surface area contributed by atoms with Crippen molar-refractivity contribution in [2.45, 2.75) is 236 Å². The lowest BCUT2D eigenvalue weighted by Crippen LogP contribution is -2.60. The normalized spacial score (nSPS) is 22.0. The molecule has 0 spiro atoms. The van der Waals surface area contributed by atoms with Crippen LogP contribution in [0.4, 0.5) is 0 Å². The van der Waals surface area contributed by atoms with E-state index in [1.54, 1.807) is 6.08 Å². The molecule has 56 heavy (non-hydrogen) atoms. The number of nitrogens with one attached hydrogen (secondary N) is 1. The number of rotatable bonds is 37. The molecule has 8 atom stereocenters. The third-order valence-corrected chi connectivity index (χ3v) is 10.8. The van der Waals surface area contributed by atoms with Gasteiger partial charge in [0.1, 0.15) is 30.5 Å². The minimum atomic E-state index is -1.62. The van der Waals surface area contributed by atoms with Gasteiger partial charge < -0.3 is 45.4 Å². The maximum Gasteiger partial charge on any atom is 0.249 e. The van der Waals surface area contributed by atoms with Crippen molar-refractivity contribution in [2.24, 2.45) is 0 Å². The fraction of sp³-hybridized carbons (Fsp3) is 0.848. The summed E-state index contributed by atoms with van der Waals surface area (Å²) in [6, 6.07) is -1.000. The van der Waals surface area contributed by atoms with Crippen molar-refractivity contribution in [1.82, 2.24) is 5.32 Å². The number of aliphatic hydroxyl groups excluding tert-OH is 6. The van der Waals surface area contributed by atoms with Gasteiger partial charge in [0.15, 0.2) is 6.29 Å². The Morgan fingerprint density at radius 2 is 1.05 bits per heavy atom. The summed E-state index contributed by atoms with van der Waals surface area (Å²) in [7, 11) is 0.